The molecule has 0 aliphatic carbocycles. The molecule has 3 aromatic rings. The summed E-state index contributed by atoms with van der Waals surface area (Å²) in [6.45, 7) is 5.76. The summed E-state index contributed by atoms with van der Waals surface area (Å²) in [5, 5.41) is 2.50. The predicted molar refractivity (Wildman–Crippen MR) is 99.7 cm³/mol. The van der Waals surface area contributed by atoms with Gasteiger partial charge in [0.2, 0.25) is 5.91 Å². The molecular formula is C17H17N3O2S2. The van der Waals surface area contributed by atoms with Crippen LogP contribution in [0.15, 0.2) is 33.5 Å². The zero-order valence-electron chi connectivity index (χ0n) is 13.5. The average Bonchev–Trinajstić information content (AvgIpc) is 2.91. The Bertz CT molecular complexity index is 991. The second-order valence-electron chi connectivity index (χ2n) is 5.68. The van der Waals surface area contributed by atoms with E-state index in [1.54, 1.807) is 6.92 Å². The Morgan fingerprint density at radius 2 is 2.08 bits per heavy atom. The van der Waals surface area contributed by atoms with Crippen LogP contribution < -0.4 is 11.3 Å². The van der Waals surface area contributed by atoms with E-state index in [1.165, 1.54) is 16.9 Å². The van der Waals surface area contributed by atoms with Crippen molar-refractivity contribution in [2.45, 2.75) is 31.2 Å². The van der Waals surface area contributed by atoms with E-state index in [0.717, 1.165) is 28.5 Å². The number of aryl methyl sites for hydroxylation is 2. The van der Waals surface area contributed by atoms with E-state index in [1.807, 2.05) is 31.4 Å². The van der Waals surface area contributed by atoms with Gasteiger partial charge in [-0.05, 0) is 31.9 Å². The van der Waals surface area contributed by atoms with E-state index in [-0.39, 0.29) is 5.56 Å². The van der Waals surface area contributed by atoms with Crippen LogP contribution >= 0.6 is 23.1 Å². The summed E-state index contributed by atoms with van der Waals surface area (Å²) in [7, 11) is 0. The first kappa shape index (κ1) is 16.7. The molecule has 0 aliphatic heterocycles. The van der Waals surface area contributed by atoms with Gasteiger partial charge in [0.05, 0.1) is 10.6 Å². The minimum Gasteiger partial charge on any atom is -0.369 e. The molecule has 0 saturated carbocycles. The quantitative estimate of drug-likeness (QED) is 0.553. The van der Waals surface area contributed by atoms with E-state index in [9.17, 15) is 9.59 Å². The van der Waals surface area contributed by atoms with Crippen molar-refractivity contribution in [2.75, 3.05) is 0 Å². The number of nitrogens with zero attached hydrogens (tertiary/aromatic N) is 1. The van der Waals surface area contributed by atoms with Gasteiger partial charge in [-0.25, -0.2) is 4.98 Å². The van der Waals surface area contributed by atoms with Crippen LogP contribution in [-0.4, -0.2) is 21.1 Å². The number of hydrogen-bond acceptors (Lipinski definition) is 5. The second kappa shape index (κ2) is 6.41. The lowest BCUT2D eigenvalue weighted by Gasteiger charge is -2.07. The molecule has 3 N–H and O–H groups in total. The number of thioether (sulfide) groups is 1. The molecule has 3 rings (SSSR count). The first-order valence-corrected chi connectivity index (χ1v) is 9.18. The summed E-state index contributed by atoms with van der Waals surface area (Å²) in [6, 6.07) is 6.16. The number of primary amides is 1. The standard InChI is InChI=1S/C17H17N3O2S2/c1-8-4-5-11(9(2)6-8)12-7-23-16-13(12)15(22)19-17(20-16)24-10(3)14(18)21/h4-7,10H,1-3H3,(H2,18,21)(H,19,20,22). The Labute approximate surface area is 147 Å². The molecule has 1 amide bonds. The summed E-state index contributed by atoms with van der Waals surface area (Å²) in [5.41, 5.74) is 9.29. The molecule has 0 spiro atoms. The molecule has 1 atom stereocenters. The maximum absolute atomic E-state index is 12.6. The van der Waals surface area contributed by atoms with Crippen molar-refractivity contribution in [1.29, 1.82) is 0 Å². The van der Waals surface area contributed by atoms with Gasteiger partial charge in [0.25, 0.3) is 5.56 Å². The number of carbonyl (C=O) groups excluding carboxylic acids is 1. The maximum Gasteiger partial charge on any atom is 0.260 e. The molecule has 0 bridgehead atoms. The van der Waals surface area contributed by atoms with E-state index in [0.29, 0.717) is 15.4 Å². The Hall–Kier alpha value is -2.12. The highest BCUT2D eigenvalue weighted by Crippen LogP contribution is 2.34. The molecular weight excluding hydrogens is 342 g/mol. The highest BCUT2D eigenvalue weighted by atomic mass is 32.2. The van der Waals surface area contributed by atoms with Crippen LogP contribution in [0.5, 0.6) is 0 Å². The van der Waals surface area contributed by atoms with Crippen LogP contribution in [0.3, 0.4) is 0 Å². The van der Waals surface area contributed by atoms with Crippen molar-refractivity contribution < 1.29 is 4.79 Å². The molecule has 24 heavy (non-hydrogen) atoms. The van der Waals surface area contributed by atoms with E-state index < -0.39 is 11.2 Å². The molecule has 0 saturated heterocycles. The molecule has 1 unspecified atom stereocenters. The van der Waals surface area contributed by atoms with E-state index in [4.69, 9.17) is 5.73 Å². The highest BCUT2D eigenvalue weighted by Gasteiger charge is 2.17. The molecule has 124 valence electrons. The van der Waals surface area contributed by atoms with E-state index >= 15 is 0 Å². The third kappa shape index (κ3) is 3.09. The molecule has 2 heterocycles. The molecule has 0 radical (unpaired) electrons. The van der Waals surface area contributed by atoms with Gasteiger partial charge < -0.3 is 10.7 Å². The van der Waals surface area contributed by atoms with Gasteiger partial charge in [0.1, 0.15) is 4.83 Å². The van der Waals surface area contributed by atoms with Crippen LogP contribution in [0.25, 0.3) is 21.3 Å². The molecule has 0 aliphatic rings. The summed E-state index contributed by atoms with van der Waals surface area (Å²) in [5.74, 6) is -0.440. The zero-order chi connectivity index (χ0) is 17.4. The third-order valence-corrected chi connectivity index (χ3v) is 5.66. The van der Waals surface area contributed by atoms with Gasteiger partial charge >= 0.3 is 0 Å². The molecule has 7 heteroatoms. The van der Waals surface area contributed by atoms with Crippen LogP contribution in [-0.2, 0) is 4.79 Å². The van der Waals surface area contributed by atoms with Crippen LogP contribution in [0, 0.1) is 13.8 Å². The van der Waals surface area contributed by atoms with Crippen LogP contribution in [0.2, 0.25) is 0 Å². The number of hydrogen-bond donors (Lipinski definition) is 2. The number of amides is 1. The van der Waals surface area contributed by atoms with Crippen molar-refractivity contribution in [2.24, 2.45) is 5.73 Å². The third-order valence-electron chi connectivity index (χ3n) is 3.78. The number of aromatic amines is 1. The molecule has 2 aromatic heterocycles. The van der Waals surface area contributed by atoms with Gasteiger partial charge in [-0.2, -0.15) is 0 Å². The molecule has 1 aromatic carbocycles. The topological polar surface area (TPSA) is 88.8 Å². The fraction of sp³-hybridized carbons (Fsp3) is 0.235. The monoisotopic (exact) mass is 359 g/mol. The lowest BCUT2D eigenvalue weighted by atomic mass is 9.99. The molecule has 5 nitrogen and oxygen atoms in total. The average molecular weight is 359 g/mol. The van der Waals surface area contributed by atoms with Gasteiger partial charge in [-0.1, -0.05) is 35.5 Å². The van der Waals surface area contributed by atoms with Crippen molar-refractivity contribution in [3.05, 3.63) is 45.1 Å². The van der Waals surface area contributed by atoms with Gasteiger partial charge in [0.15, 0.2) is 5.16 Å². The first-order valence-electron chi connectivity index (χ1n) is 7.42. The number of nitrogens with two attached hydrogens (primary N) is 1. The number of fused-ring (bicyclic) bond motifs is 1. The maximum atomic E-state index is 12.6. The van der Waals surface area contributed by atoms with E-state index in [2.05, 4.69) is 16.0 Å². The number of aromatic nitrogens is 2. The normalized spacial score (nSPS) is 12.5. The summed E-state index contributed by atoms with van der Waals surface area (Å²) >= 11 is 2.58. The van der Waals surface area contributed by atoms with Crippen LogP contribution in [0.4, 0.5) is 0 Å². The summed E-state index contributed by atoms with van der Waals surface area (Å²) < 4.78 is 0. The number of H-pyrrole nitrogens is 1. The Kier molecular flexibility index (Phi) is 4.47. The Morgan fingerprint density at radius 1 is 1.33 bits per heavy atom. The minimum absolute atomic E-state index is 0.199. The number of carbonyl (C=O) groups is 1. The van der Waals surface area contributed by atoms with Gasteiger partial charge in [-0.15, -0.1) is 11.3 Å². The first-order chi connectivity index (χ1) is 11.4. The van der Waals surface area contributed by atoms with Crippen molar-refractivity contribution in [3.8, 4) is 11.1 Å². The zero-order valence-corrected chi connectivity index (χ0v) is 15.2. The second-order valence-corrected chi connectivity index (χ2v) is 7.87. The van der Waals surface area contributed by atoms with Crippen molar-refractivity contribution in [1.82, 2.24) is 9.97 Å². The summed E-state index contributed by atoms with van der Waals surface area (Å²) in [6.07, 6.45) is 0. The number of thiophene rings is 1. The van der Waals surface area contributed by atoms with Crippen molar-refractivity contribution >= 4 is 39.2 Å². The SMILES string of the molecule is Cc1ccc(-c2csc3nc(SC(C)C(N)=O)[nH]c(=O)c23)c(C)c1. The minimum atomic E-state index is -0.454. The Morgan fingerprint density at radius 3 is 2.75 bits per heavy atom. The number of benzene rings is 1. The highest BCUT2D eigenvalue weighted by molar-refractivity contribution is 8.00. The smallest absolute Gasteiger partial charge is 0.260 e. The van der Waals surface area contributed by atoms with Crippen LogP contribution in [0.1, 0.15) is 18.1 Å². The fourth-order valence-electron chi connectivity index (χ4n) is 2.52. The molecule has 0 fully saturated rings. The van der Waals surface area contributed by atoms with Gasteiger partial charge in [0, 0.05) is 10.9 Å². The van der Waals surface area contributed by atoms with Gasteiger partial charge in [-0.3, -0.25) is 9.59 Å². The summed E-state index contributed by atoms with van der Waals surface area (Å²) in [4.78, 5) is 31.6. The predicted octanol–water partition coefficient (Wildman–Crippen LogP) is 3.23. The lowest BCUT2D eigenvalue weighted by molar-refractivity contribution is -0.117. The lowest BCUT2D eigenvalue weighted by Crippen LogP contribution is -2.23. The Balaban J connectivity index is 2.10. The number of nitrogens with one attached hydrogen (secondary N) is 1. The number of rotatable bonds is 4. The van der Waals surface area contributed by atoms with Crippen molar-refractivity contribution in [3.63, 3.8) is 0 Å². The largest absolute Gasteiger partial charge is 0.369 e. The fourth-order valence-corrected chi connectivity index (χ4v) is 4.27.